The number of ether oxygens (including phenoxy) is 2. The molecular formula is C31H45N3O4. The first kappa shape index (κ1) is 26.2. The van der Waals surface area contributed by atoms with Crippen LogP contribution in [0.4, 0.5) is 0 Å². The van der Waals surface area contributed by atoms with Gasteiger partial charge in [0.05, 0.1) is 18.2 Å². The Labute approximate surface area is 226 Å². The van der Waals surface area contributed by atoms with Gasteiger partial charge in [0.15, 0.2) is 5.78 Å². The zero-order chi connectivity index (χ0) is 26.7. The van der Waals surface area contributed by atoms with E-state index in [2.05, 4.69) is 17.2 Å². The molecule has 8 atom stereocenters. The van der Waals surface area contributed by atoms with Gasteiger partial charge in [0, 0.05) is 25.7 Å². The van der Waals surface area contributed by atoms with Crippen molar-refractivity contribution in [3.63, 3.8) is 0 Å². The number of fused-ring (bicyclic) bond motifs is 6. The number of carbonyl (C=O) groups excluding carboxylic acids is 1. The van der Waals surface area contributed by atoms with Crippen molar-refractivity contribution >= 4 is 16.8 Å². The van der Waals surface area contributed by atoms with Gasteiger partial charge >= 0.3 is 0 Å². The molecule has 4 saturated carbocycles. The molecule has 1 heterocycles. The van der Waals surface area contributed by atoms with Gasteiger partial charge in [-0.05, 0) is 118 Å². The molecule has 38 heavy (non-hydrogen) atoms. The molecule has 1 aromatic heterocycles. The quantitative estimate of drug-likeness (QED) is 0.520. The van der Waals surface area contributed by atoms with Crippen LogP contribution in [0.5, 0.6) is 5.75 Å². The number of methoxy groups -OCH3 is 2. The zero-order valence-corrected chi connectivity index (χ0v) is 23.6. The lowest BCUT2D eigenvalue weighted by Gasteiger charge is -2.63. The van der Waals surface area contributed by atoms with Gasteiger partial charge < -0.3 is 14.6 Å². The van der Waals surface area contributed by atoms with Gasteiger partial charge in [-0.15, -0.1) is 5.10 Å². The van der Waals surface area contributed by atoms with Crippen LogP contribution < -0.4 is 4.74 Å². The Morgan fingerprint density at radius 2 is 1.92 bits per heavy atom. The Hall–Kier alpha value is -1.99. The van der Waals surface area contributed by atoms with E-state index in [0.29, 0.717) is 36.0 Å². The van der Waals surface area contributed by atoms with Crippen LogP contribution in [-0.2, 0) is 16.1 Å². The van der Waals surface area contributed by atoms with Gasteiger partial charge in [0.25, 0.3) is 0 Å². The lowest BCUT2D eigenvalue weighted by atomic mass is 9.42. The van der Waals surface area contributed by atoms with E-state index in [1.807, 2.05) is 32.2 Å². The van der Waals surface area contributed by atoms with E-state index in [4.69, 9.17) is 9.47 Å². The number of nitrogens with zero attached hydrogens (tertiary/aromatic N) is 3. The van der Waals surface area contributed by atoms with Crippen LogP contribution in [0.25, 0.3) is 11.0 Å². The van der Waals surface area contributed by atoms with Crippen LogP contribution in [0.2, 0.25) is 0 Å². The summed E-state index contributed by atoms with van der Waals surface area (Å²) in [4.78, 5) is 13.8. The summed E-state index contributed by atoms with van der Waals surface area (Å²) < 4.78 is 12.7. The van der Waals surface area contributed by atoms with E-state index in [9.17, 15) is 9.90 Å². The third-order valence-electron chi connectivity index (χ3n) is 11.8. The maximum atomic E-state index is 13.8. The number of Topliss-reactive ketones (excluding diaryl/α,β-unsaturated/α-hetero) is 1. The van der Waals surface area contributed by atoms with Crippen molar-refractivity contribution in [3.8, 4) is 5.75 Å². The standard InChI is InChI=1S/C31H45N3O4/c1-29(36)13-14-31(15-16-37-3)20(18-29)5-7-22-23-8-9-25(30(23,2)12-11-24(22)31)28(35)19-34-27-10-6-21(38-4)17-26(27)32-33-34/h6,10,17,20,22-25,36H,5,7-9,11-16,18-19H2,1-4H3/t20-,22+,23+,24+,25-,29-,30+,31-/m1/s1. The van der Waals surface area contributed by atoms with Gasteiger partial charge in [-0.2, -0.15) is 0 Å². The molecule has 0 amide bonds. The summed E-state index contributed by atoms with van der Waals surface area (Å²) >= 11 is 0. The smallest absolute Gasteiger partial charge is 0.157 e. The fourth-order valence-electron chi connectivity index (χ4n) is 10.0. The SMILES string of the molecule is COCC[C@]12CC[C@@](C)(O)C[C@H]1CC[C@H]1[C@@H]3CC[C@H](C(=O)Cn4nnc5cc(OC)ccc54)[C@@]3(C)CC[C@@H]12. The molecule has 4 aliphatic rings. The Balaban J connectivity index is 1.22. The summed E-state index contributed by atoms with van der Waals surface area (Å²) in [6, 6.07) is 5.73. The molecule has 0 bridgehead atoms. The van der Waals surface area contributed by atoms with Crippen LogP contribution in [0.3, 0.4) is 0 Å². The second-order valence-electron chi connectivity index (χ2n) is 13.6. The van der Waals surface area contributed by atoms with Crippen LogP contribution in [0.1, 0.15) is 78.1 Å². The van der Waals surface area contributed by atoms with Gasteiger partial charge in [-0.1, -0.05) is 12.1 Å². The topological polar surface area (TPSA) is 86.5 Å². The van der Waals surface area contributed by atoms with Gasteiger partial charge in [0.1, 0.15) is 17.8 Å². The second kappa shape index (κ2) is 9.58. The summed E-state index contributed by atoms with van der Waals surface area (Å²) in [5.74, 6) is 3.72. The van der Waals surface area contributed by atoms with Gasteiger partial charge in [-0.3, -0.25) is 4.79 Å². The number of ketones is 1. The molecule has 1 N–H and O–H groups in total. The van der Waals surface area contributed by atoms with E-state index in [-0.39, 0.29) is 16.7 Å². The van der Waals surface area contributed by atoms with Crippen molar-refractivity contribution in [2.45, 2.75) is 90.2 Å². The Bertz CT molecular complexity index is 1190. The number of aliphatic hydroxyl groups is 1. The van der Waals surface area contributed by atoms with E-state index in [1.54, 1.807) is 11.8 Å². The van der Waals surface area contributed by atoms with Crippen LogP contribution in [-0.4, -0.2) is 52.3 Å². The van der Waals surface area contributed by atoms with Crippen molar-refractivity contribution in [2.75, 3.05) is 20.8 Å². The molecule has 4 aliphatic carbocycles. The average molecular weight is 524 g/mol. The van der Waals surface area contributed by atoms with E-state index >= 15 is 0 Å². The molecular weight excluding hydrogens is 478 g/mol. The van der Waals surface area contributed by atoms with E-state index < -0.39 is 5.60 Å². The molecule has 6 rings (SSSR count). The number of aromatic nitrogens is 3. The monoisotopic (exact) mass is 523 g/mol. The minimum Gasteiger partial charge on any atom is -0.497 e. The summed E-state index contributed by atoms with van der Waals surface area (Å²) in [6.07, 6.45) is 11.0. The highest BCUT2D eigenvalue weighted by Crippen LogP contribution is 2.69. The van der Waals surface area contributed by atoms with Crippen LogP contribution >= 0.6 is 0 Å². The average Bonchev–Trinajstić information content (AvgIpc) is 3.47. The highest BCUT2D eigenvalue weighted by Gasteiger charge is 2.62. The van der Waals surface area contributed by atoms with Gasteiger partial charge in [-0.25, -0.2) is 4.68 Å². The Morgan fingerprint density at radius 1 is 1.08 bits per heavy atom. The molecule has 0 radical (unpaired) electrons. The number of rotatable bonds is 7. The van der Waals surface area contributed by atoms with Crippen molar-refractivity contribution in [3.05, 3.63) is 18.2 Å². The Morgan fingerprint density at radius 3 is 2.71 bits per heavy atom. The minimum absolute atomic E-state index is 0.0628. The highest BCUT2D eigenvalue weighted by molar-refractivity contribution is 5.84. The van der Waals surface area contributed by atoms with Crippen molar-refractivity contribution in [2.24, 2.45) is 40.4 Å². The zero-order valence-electron chi connectivity index (χ0n) is 23.6. The first-order valence-corrected chi connectivity index (χ1v) is 14.8. The second-order valence-corrected chi connectivity index (χ2v) is 13.6. The van der Waals surface area contributed by atoms with Crippen molar-refractivity contribution in [1.82, 2.24) is 15.0 Å². The predicted molar refractivity (Wildman–Crippen MR) is 146 cm³/mol. The third kappa shape index (κ3) is 4.11. The minimum atomic E-state index is -0.529. The molecule has 2 aromatic rings. The summed E-state index contributed by atoms with van der Waals surface area (Å²) in [5.41, 5.74) is 1.46. The molecule has 0 spiro atoms. The maximum absolute atomic E-state index is 13.8. The van der Waals surface area contributed by atoms with Gasteiger partial charge in [0.2, 0.25) is 0 Å². The lowest BCUT2D eigenvalue weighted by molar-refractivity contribution is -0.163. The number of hydrogen-bond acceptors (Lipinski definition) is 6. The molecule has 7 nitrogen and oxygen atoms in total. The largest absolute Gasteiger partial charge is 0.497 e. The van der Waals surface area contributed by atoms with E-state index in [1.165, 1.54) is 19.3 Å². The fraction of sp³-hybridized carbons (Fsp3) is 0.774. The molecule has 0 aliphatic heterocycles. The number of carbonyl (C=O) groups is 1. The van der Waals surface area contributed by atoms with Crippen LogP contribution in [0, 0.1) is 40.4 Å². The van der Waals surface area contributed by atoms with E-state index in [0.717, 1.165) is 68.3 Å². The summed E-state index contributed by atoms with van der Waals surface area (Å²) in [7, 11) is 3.47. The first-order chi connectivity index (χ1) is 18.2. The maximum Gasteiger partial charge on any atom is 0.157 e. The lowest BCUT2D eigenvalue weighted by Crippen LogP contribution is -2.57. The first-order valence-electron chi connectivity index (χ1n) is 14.8. The number of hydrogen-bond donors (Lipinski definition) is 1. The molecule has 7 heteroatoms. The molecule has 0 saturated heterocycles. The molecule has 208 valence electrons. The third-order valence-corrected chi connectivity index (χ3v) is 11.8. The fourth-order valence-corrected chi connectivity index (χ4v) is 10.0. The highest BCUT2D eigenvalue weighted by atomic mass is 16.5. The predicted octanol–water partition coefficient (Wildman–Crippen LogP) is 5.44. The van der Waals surface area contributed by atoms with Crippen molar-refractivity contribution < 1.29 is 19.4 Å². The van der Waals surface area contributed by atoms with Crippen LogP contribution in [0.15, 0.2) is 18.2 Å². The molecule has 1 aromatic carbocycles. The summed E-state index contributed by atoms with van der Waals surface area (Å²) in [6.45, 7) is 5.56. The van der Waals surface area contributed by atoms with Crippen molar-refractivity contribution in [1.29, 1.82) is 0 Å². The Kier molecular flexibility index (Phi) is 6.62. The molecule has 0 unspecified atom stereocenters. The number of benzene rings is 1. The molecule has 4 fully saturated rings. The summed E-state index contributed by atoms with van der Waals surface area (Å²) in [5, 5.41) is 19.6. The normalized spacial score (nSPS) is 40.4.